The summed E-state index contributed by atoms with van der Waals surface area (Å²) in [6.07, 6.45) is 0. The van der Waals surface area contributed by atoms with E-state index in [4.69, 9.17) is 14.2 Å². The second-order valence-corrected chi connectivity index (χ2v) is 9.73. The second-order valence-electron chi connectivity index (χ2n) is 8.05. The third-order valence-corrected chi connectivity index (χ3v) is 6.72. The summed E-state index contributed by atoms with van der Waals surface area (Å²) < 4.78 is 44.9. The first-order chi connectivity index (χ1) is 18.4. The monoisotopic (exact) mass is 532 g/mol. The largest absolute Gasteiger partial charge is 0.494 e. The summed E-state index contributed by atoms with van der Waals surface area (Å²) in [7, 11) is -3.81. The van der Waals surface area contributed by atoms with Gasteiger partial charge in [0.05, 0.1) is 17.1 Å². The Kier molecular flexibility index (Phi) is 8.84. The van der Waals surface area contributed by atoms with Gasteiger partial charge < -0.3 is 19.5 Å². The number of benzene rings is 4. The van der Waals surface area contributed by atoms with Crippen LogP contribution in [0.1, 0.15) is 17.3 Å². The number of sulfonamides is 1. The van der Waals surface area contributed by atoms with E-state index in [9.17, 15) is 13.2 Å². The van der Waals surface area contributed by atoms with Crippen LogP contribution in [-0.4, -0.2) is 34.1 Å². The van der Waals surface area contributed by atoms with Crippen molar-refractivity contribution < 1.29 is 27.4 Å². The molecule has 4 aromatic rings. The predicted octanol–water partition coefficient (Wildman–Crippen LogP) is 5.60. The van der Waals surface area contributed by atoms with Crippen LogP contribution in [0, 0.1) is 0 Å². The molecule has 0 radical (unpaired) electrons. The molecule has 4 rings (SSSR count). The smallest absolute Gasteiger partial charge is 0.261 e. The van der Waals surface area contributed by atoms with Gasteiger partial charge in [0, 0.05) is 11.4 Å². The highest BCUT2D eigenvalue weighted by molar-refractivity contribution is 7.92. The molecule has 38 heavy (non-hydrogen) atoms. The minimum atomic E-state index is -3.81. The number of anilines is 2. The zero-order valence-corrected chi connectivity index (χ0v) is 21.6. The number of amides is 1. The lowest BCUT2D eigenvalue weighted by atomic mass is 10.2. The van der Waals surface area contributed by atoms with Crippen LogP contribution in [-0.2, 0) is 10.0 Å². The van der Waals surface area contributed by atoms with Crippen LogP contribution in [0.3, 0.4) is 0 Å². The van der Waals surface area contributed by atoms with Crippen LogP contribution in [0.5, 0.6) is 17.2 Å². The molecule has 0 spiro atoms. The van der Waals surface area contributed by atoms with E-state index in [-0.39, 0.29) is 17.4 Å². The normalized spacial score (nSPS) is 10.9. The van der Waals surface area contributed by atoms with Gasteiger partial charge in [-0.2, -0.15) is 0 Å². The fourth-order valence-corrected chi connectivity index (χ4v) is 4.58. The van der Waals surface area contributed by atoms with Gasteiger partial charge in [0.2, 0.25) is 0 Å². The van der Waals surface area contributed by atoms with Gasteiger partial charge in [-0.15, -0.1) is 0 Å². The highest BCUT2D eigenvalue weighted by Crippen LogP contribution is 2.23. The highest BCUT2D eigenvalue weighted by atomic mass is 32.2. The van der Waals surface area contributed by atoms with Crippen molar-refractivity contribution in [3.8, 4) is 17.2 Å². The van der Waals surface area contributed by atoms with Crippen molar-refractivity contribution in [3.05, 3.63) is 109 Å². The molecule has 0 aliphatic rings. The van der Waals surface area contributed by atoms with Gasteiger partial charge in [0.25, 0.3) is 15.9 Å². The van der Waals surface area contributed by atoms with Crippen LogP contribution >= 0.6 is 0 Å². The van der Waals surface area contributed by atoms with Crippen molar-refractivity contribution in [2.75, 3.05) is 29.9 Å². The number of para-hydroxylation sites is 2. The predicted molar refractivity (Wildman–Crippen MR) is 147 cm³/mol. The Morgan fingerprint density at radius 3 is 2.00 bits per heavy atom. The summed E-state index contributed by atoms with van der Waals surface area (Å²) in [6.45, 7) is 2.98. The summed E-state index contributed by atoms with van der Waals surface area (Å²) in [4.78, 5) is 13.0. The van der Waals surface area contributed by atoms with E-state index in [1.54, 1.807) is 48.5 Å². The first-order valence-corrected chi connectivity index (χ1v) is 13.5. The molecule has 0 bridgehead atoms. The Labute approximate surface area is 222 Å². The maximum Gasteiger partial charge on any atom is 0.261 e. The van der Waals surface area contributed by atoms with Gasteiger partial charge in [-0.05, 0) is 79.7 Å². The van der Waals surface area contributed by atoms with Crippen molar-refractivity contribution in [1.82, 2.24) is 0 Å². The van der Waals surface area contributed by atoms with Gasteiger partial charge in [-0.1, -0.05) is 30.3 Å². The van der Waals surface area contributed by atoms with Crippen LogP contribution in [0.2, 0.25) is 0 Å². The molecule has 0 aliphatic heterocycles. The van der Waals surface area contributed by atoms with E-state index in [1.165, 1.54) is 24.3 Å². The molecule has 0 aliphatic carbocycles. The fourth-order valence-electron chi connectivity index (χ4n) is 3.52. The minimum absolute atomic E-state index is 0.0616. The van der Waals surface area contributed by atoms with E-state index in [1.807, 2.05) is 37.3 Å². The van der Waals surface area contributed by atoms with Crippen molar-refractivity contribution >= 4 is 27.3 Å². The number of hydrogen-bond acceptors (Lipinski definition) is 6. The lowest BCUT2D eigenvalue weighted by molar-refractivity contribution is 0.102. The molecular weight excluding hydrogens is 504 g/mol. The summed E-state index contributed by atoms with van der Waals surface area (Å²) in [6, 6.07) is 28.8. The number of carbonyl (C=O) groups excluding carboxylic acids is 1. The molecule has 0 unspecified atom stereocenters. The van der Waals surface area contributed by atoms with Gasteiger partial charge in [0.15, 0.2) is 0 Å². The lowest BCUT2D eigenvalue weighted by Gasteiger charge is -2.13. The number of nitrogens with one attached hydrogen (secondary N) is 2. The van der Waals surface area contributed by atoms with E-state index in [0.29, 0.717) is 41.7 Å². The molecule has 2 N–H and O–H groups in total. The summed E-state index contributed by atoms with van der Waals surface area (Å²) in [5.74, 6) is 1.43. The van der Waals surface area contributed by atoms with Crippen molar-refractivity contribution in [2.24, 2.45) is 0 Å². The average Bonchev–Trinajstić information content (AvgIpc) is 2.93. The molecule has 9 heteroatoms. The van der Waals surface area contributed by atoms with Crippen LogP contribution in [0.25, 0.3) is 0 Å². The van der Waals surface area contributed by atoms with E-state index in [2.05, 4.69) is 10.0 Å². The summed E-state index contributed by atoms with van der Waals surface area (Å²) in [5.41, 5.74) is 1.20. The van der Waals surface area contributed by atoms with Crippen molar-refractivity contribution in [1.29, 1.82) is 0 Å². The van der Waals surface area contributed by atoms with Crippen LogP contribution in [0.15, 0.2) is 108 Å². The fraction of sp³-hybridized carbons (Fsp3) is 0.138. The third-order valence-electron chi connectivity index (χ3n) is 5.32. The first-order valence-electron chi connectivity index (χ1n) is 12.0. The molecule has 0 saturated carbocycles. The molecule has 0 heterocycles. The Hall–Kier alpha value is -4.50. The van der Waals surface area contributed by atoms with Gasteiger partial charge >= 0.3 is 0 Å². The lowest BCUT2D eigenvalue weighted by Crippen LogP contribution is -2.16. The van der Waals surface area contributed by atoms with Gasteiger partial charge in [0.1, 0.15) is 30.5 Å². The molecular formula is C29H28N2O6S. The number of hydrogen-bond donors (Lipinski definition) is 2. The summed E-state index contributed by atoms with van der Waals surface area (Å²) >= 11 is 0. The van der Waals surface area contributed by atoms with Crippen molar-refractivity contribution in [2.45, 2.75) is 11.8 Å². The molecule has 8 nitrogen and oxygen atoms in total. The van der Waals surface area contributed by atoms with Crippen LogP contribution in [0.4, 0.5) is 11.4 Å². The third kappa shape index (κ3) is 7.27. The molecule has 0 fully saturated rings. The second kappa shape index (κ2) is 12.6. The minimum Gasteiger partial charge on any atom is -0.494 e. The van der Waals surface area contributed by atoms with E-state index < -0.39 is 10.0 Å². The average molecular weight is 533 g/mol. The quantitative estimate of drug-likeness (QED) is 0.230. The van der Waals surface area contributed by atoms with E-state index in [0.717, 1.165) is 5.75 Å². The SMILES string of the molecule is CCOc1ccc(NS(=O)(=O)c2ccc(NC(=O)c3ccccc3OCCOc3ccccc3)cc2)cc1. The summed E-state index contributed by atoms with van der Waals surface area (Å²) in [5, 5.41) is 2.78. The Morgan fingerprint density at radius 2 is 1.29 bits per heavy atom. The maximum atomic E-state index is 12.9. The zero-order valence-electron chi connectivity index (χ0n) is 20.8. The van der Waals surface area contributed by atoms with E-state index >= 15 is 0 Å². The number of carbonyl (C=O) groups is 1. The Bertz CT molecular complexity index is 1440. The van der Waals surface area contributed by atoms with Gasteiger partial charge in [-0.3, -0.25) is 9.52 Å². The molecule has 0 saturated heterocycles. The van der Waals surface area contributed by atoms with Crippen molar-refractivity contribution in [3.63, 3.8) is 0 Å². The number of ether oxygens (including phenoxy) is 3. The molecule has 4 aromatic carbocycles. The maximum absolute atomic E-state index is 12.9. The topological polar surface area (TPSA) is 103 Å². The molecule has 0 atom stereocenters. The standard InChI is InChI=1S/C29H28N2O6S/c1-2-35-25-16-12-23(13-17-25)31-38(33,34)26-18-14-22(15-19-26)30-29(32)27-10-6-7-11-28(27)37-21-20-36-24-8-4-3-5-9-24/h3-19,31H,2,20-21H2,1H3,(H,30,32). The Balaban J connectivity index is 1.35. The van der Waals surface area contributed by atoms with Crippen LogP contribution < -0.4 is 24.2 Å². The van der Waals surface area contributed by atoms with Gasteiger partial charge in [-0.25, -0.2) is 8.42 Å². The Morgan fingerprint density at radius 1 is 0.684 bits per heavy atom. The molecule has 1 amide bonds. The molecule has 196 valence electrons. The highest BCUT2D eigenvalue weighted by Gasteiger charge is 2.16. The zero-order chi connectivity index (χ0) is 26.8. The number of rotatable bonds is 12. The first kappa shape index (κ1) is 26.6. The molecule has 0 aromatic heterocycles.